The zero-order valence-electron chi connectivity index (χ0n) is 25.4. The van der Waals surface area contributed by atoms with E-state index >= 15 is 0 Å². The number of carbonyl (C=O) groups excluding carboxylic acids is 4. The van der Waals surface area contributed by atoms with Crippen molar-refractivity contribution in [3.8, 4) is 0 Å². The van der Waals surface area contributed by atoms with Crippen molar-refractivity contribution in [3.63, 3.8) is 0 Å². The second-order valence-corrected chi connectivity index (χ2v) is 12.9. The van der Waals surface area contributed by atoms with Gasteiger partial charge in [0, 0.05) is 31.7 Å². The van der Waals surface area contributed by atoms with Gasteiger partial charge in [-0.25, -0.2) is 0 Å². The summed E-state index contributed by atoms with van der Waals surface area (Å²) in [5.74, 6) is -3.35. The minimum Gasteiger partial charge on any atom is -0.455 e. The largest absolute Gasteiger partial charge is 0.455 e. The molecule has 10 nitrogen and oxygen atoms in total. The molecular formula is C33H43N3O7. The molecule has 0 unspecified atom stereocenters. The first kappa shape index (κ1) is 30.9. The van der Waals surface area contributed by atoms with Crippen molar-refractivity contribution in [2.45, 2.75) is 88.8 Å². The van der Waals surface area contributed by atoms with E-state index in [-0.39, 0.29) is 37.3 Å². The monoisotopic (exact) mass is 593 g/mol. The minimum absolute atomic E-state index is 0.0306. The fraction of sp³-hybridized carbons (Fsp3) is 0.576. The zero-order valence-corrected chi connectivity index (χ0v) is 25.4. The predicted octanol–water partition coefficient (Wildman–Crippen LogP) is 2.68. The van der Waals surface area contributed by atoms with Crippen LogP contribution >= 0.6 is 0 Å². The fourth-order valence-electron chi connectivity index (χ4n) is 6.94. The van der Waals surface area contributed by atoms with Crippen LogP contribution in [0.4, 0.5) is 0 Å². The van der Waals surface area contributed by atoms with Crippen LogP contribution in [0.1, 0.15) is 65.0 Å². The van der Waals surface area contributed by atoms with Gasteiger partial charge < -0.3 is 29.7 Å². The summed E-state index contributed by atoms with van der Waals surface area (Å²) in [6.07, 6.45) is 7.20. The molecule has 3 amide bonds. The van der Waals surface area contributed by atoms with Crippen LogP contribution in [0.25, 0.3) is 0 Å². The van der Waals surface area contributed by atoms with Crippen LogP contribution in [0.15, 0.2) is 54.6 Å². The van der Waals surface area contributed by atoms with E-state index in [4.69, 9.17) is 9.47 Å². The standard InChI is InChI=1S/C33H43N3O7/c1-21-27(22-13-6-5-7-14-22)42-31(41)25-23(15-8-9-16-24(38)34-21)43-33-17-12-19-36(32(2,3)4)30(40)28(33)35(18-10-11-20-37)29(39)26(25)33/h5-8,12-15,17,21,23,25-28,37H,9-11,16,18-20H2,1-4H3,(H,34,38)/b15-8-/t21-,23-,25+,26+,27+,28-,33+/m0/s1. The summed E-state index contributed by atoms with van der Waals surface area (Å²) >= 11 is 0. The maximum Gasteiger partial charge on any atom is 0.313 e. The molecule has 4 aliphatic heterocycles. The molecule has 5 rings (SSSR count). The Kier molecular flexibility index (Phi) is 8.81. The number of hydrogen-bond donors (Lipinski definition) is 2. The molecule has 0 radical (unpaired) electrons. The van der Waals surface area contributed by atoms with Gasteiger partial charge in [-0.15, -0.1) is 0 Å². The van der Waals surface area contributed by atoms with Gasteiger partial charge >= 0.3 is 5.97 Å². The lowest BCUT2D eigenvalue weighted by atomic mass is 9.77. The molecule has 2 fully saturated rings. The Morgan fingerprint density at radius 2 is 1.79 bits per heavy atom. The summed E-state index contributed by atoms with van der Waals surface area (Å²) in [6.45, 7) is 8.20. The molecule has 2 saturated heterocycles. The highest BCUT2D eigenvalue weighted by molar-refractivity contribution is 5.99. The molecule has 4 aliphatic rings. The molecule has 1 aromatic rings. The first-order valence-corrected chi connectivity index (χ1v) is 15.3. The smallest absolute Gasteiger partial charge is 0.313 e. The Morgan fingerprint density at radius 1 is 1.05 bits per heavy atom. The SMILES string of the molecule is C[C@@H]1NC(=O)CC/C=C\[C@@H]2O[C@@]34C=CCN(C(C)(C)C)C(=O)[C@@H]3N(CCCCO)C(=O)[C@H]4[C@@H]2C(=O)O[C@H]1c1ccccc1. The number of cyclic esters (lactones) is 1. The van der Waals surface area contributed by atoms with Crippen LogP contribution in [0.2, 0.25) is 0 Å². The van der Waals surface area contributed by atoms with Crippen LogP contribution in [0.3, 0.4) is 0 Å². The Hall–Kier alpha value is -3.50. The average Bonchev–Trinajstić information content (AvgIpc) is 3.33. The van der Waals surface area contributed by atoms with Crippen molar-refractivity contribution in [1.29, 1.82) is 0 Å². The summed E-state index contributed by atoms with van der Waals surface area (Å²) in [6, 6.07) is 7.71. The second-order valence-electron chi connectivity index (χ2n) is 12.9. The van der Waals surface area contributed by atoms with Gasteiger partial charge in [-0.05, 0) is 52.5 Å². The summed E-state index contributed by atoms with van der Waals surface area (Å²) in [4.78, 5) is 58.9. The molecule has 0 saturated carbocycles. The van der Waals surface area contributed by atoms with Crippen LogP contribution < -0.4 is 5.32 Å². The van der Waals surface area contributed by atoms with Crippen molar-refractivity contribution in [2.24, 2.45) is 11.8 Å². The van der Waals surface area contributed by atoms with E-state index in [9.17, 15) is 24.3 Å². The van der Waals surface area contributed by atoms with E-state index in [0.717, 1.165) is 0 Å². The number of rotatable bonds is 5. The summed E-state index contributed by atoms with van der Waals surface area (Å²) in [7, 11) is 0. The van der Waals surface area contributed by atoms with Crippen LogP contribution in [0.5, 0.6) is 0 Å². The number of nitrogens with one attached hydrogen (secondary N) is 1. The number of fused-ring (bicyclic) bond motifs is 2. The number of allylic oxidation sites excluding steroid dienone is 1. The number of unbranched alkanes of at least 4 members (excludes halogenated alkanes) is 1. The van der Waals surface area contributed by atoms with Crippen molar-refractivity contribution in [3.05, 3.63) is 60.2 Å². The van der Waals surface area contributed by atoms with Crippen molar-refractivity contribution >= 4 is 23.7 Å². The van der Waals surface area contributed by atoms with E-state index < -0.39 is 53.2 Å². The van der Waals surface area contributed by atoms with E-state index in [2.05, 4.69) is 5.32 Å². The molecular weight excluding hydrogens is 550 g/mol. The maximum absolute atomic E-state index is 14.4. The third-order valence-corrected chi connectivity index (χ3v) is 8.96. The molecule has 7 atom stereocenters. The Balaban J connectivity index is 1.60. The van der Waals surface area contributed by atoms with Gasteiger partial charge in [-0.2, -0.15) is 0 Å². The predicted molar refractivity (Wildman–Crippen MR) is 158 cm³/mol. The lowest BCUT2D eigenvalue weighted by Crippen LogP contribution is -2.58. The highest BCUT2D eigenvalue weighted by Crippen LogP contribution is 2.53. The Labute approximate surface area is 253 Å². The quantitative estimate of drug-likeness (QED) is 0.306. The number of nitrogens with zero attached hydrogens (tertiary/aromatic N) is 2. The molecule has 4 heterocycles. The van der Waals surface area contributed by atoms with Gasteiger partial charge in [0.25, 0.3) is 0 Å². The summed E-state index contributed by atoms with van der Waals surface area (Å²) in [5.41, 5.74) is -1.18. The third kappa shape index (κ3) is 5.74. The Morgan fingerprint density at radius 3 is 2.49 bits per heavy atom. The van der Waals surface area contributed by atoms with Gasteiger partial charge in [0.15, 0.2) is 0 Å². The van der Waals surface area contributed by atoms with Crippen LogP contribution in [-0.2, 0) is 28.7 Å². The fourth-order valence-corrected chi connectivity index (χ4v) is 6.94. The zero-order chi connectivity index (χ0) is 30.9. The number of likely N-dealkylation sites (tertiary alicyclic amines) is 1. The molecule has 0 bridgehead atoms. The first-order chi connectivity index (χ1) is 20.5. The topological polar surface area (TPSA) is 125 Å². The van der Waals surface area contributed by atoms with Gasteiger partial charge in [0.2, 0.25) is 17.7 Å². The van der Waals surface area contributed by atoms with E-state index in [1.165, 1.54) is 0 Å². The van der Waals surface area contributed by atoms with Crippen LogP contribution in [0, 0.1) is 11.8 Å². The number of benzene rings is 1. The lowest BCUT2D eigenvalue weighted by Gasteiger charge is -2.40. The number of esters is 1. The first-order valence-electron chi connectivity index (χ1n) is 15.3. The number of ether oxygens (including phenoxy) is 2. The van der Waals surface area contributed by atoms with E-state index in [1.807, 2.05) is 63.3 Å². The van der Waals surface area contributed by atoms with Gasteiger partial charge in [-0.3, -0.25) is 19.2 Å². The lowest BCUT2D eigenvalue weighted by molar-refractivity contribution is -0.161. The molecule has 0 aliphatic carbocycles. The molecule has 0 aromatic heterocycles. The number of carbonyl (C=O) groups is 4. The molecule has 10 heteroatoms. The molecule has 232 valence electrons. The van der Waals surface area contributed by atoms with Crippen molar-refractivity contribution in [1.82, 2.24) is 15.1 Å². The summed E-state index contributed by atoms with van der Waals surface area (Å²) < 4.78 is 12.9. The number of aliphatic hydroxyl groups is 1. The van der Waals surface area contributed by atoms with Crippen molar-refractivity contribution < 1.29 is 33.8 Å². The number of amides is 3. The minimum atomic E-state index is -1.38. The average molecular weight is 594 g/mol. The van der Waals surface area contributed by atoms with E-state index in [1.54, 1.807) is 28.9 Å². The van der Waals surface area contributed by atoms with Crippen molar-refractivity contribution in [2.75, 3.05) is 19.7 Å². The molecule has 2 N–H and O–H groups in total. The Bertz CT molecular complexity index is 1290. The van der Waals surface area contributed by atoms with E-state index in [0.29, 0.717) is 31.4 Å². The summed E-state index contributed by atoms with van der Waals surface area (Å²) in [5, 5.41) is 12.4. The van der Waals surface area contributed by atoms with Gasteiger partial charge in [-0.1, -0.05) is 54.6 Å². The van der Waals surface area contributed by atoms with Gasteiger partial charge in [0.05, 0.1) is 18.1 Å². The highest BCUT2D eigenvalue weighted by Gasteiger charge is 2.72. The number of aliphatic hydroxyl groups excluding tert-OH is 1. The van der Waals surface area contributed by atoms with Crippen LogP contribution in [-0.4, -0.2) is 87.6 Å². The number of hydrogen-bond acceptors (Lipinski definition) is 7. The normalized spacial score (nSPS) is 33.9. The molecule has 1 aromatic carbocycles. The maximum atomic E-state index is 14.4. The highest BCUT2D eigenvalue weighted by atomic mass is 16.6. The second kappa shape index (κ2) is 12.2. The molecule has 1 spiro atoms. The molecule has 43 heavy (non-hydrogen) atoms. The third-order valence-electron chi connectivity index (χ3n) is 8.96. The van der Waals surface area contributed by atoms with Gasteiger partial charge in [0.1, 0.15) is 23.7 Å².